The van der Waals surface area contributed by atoms with E-state index in [1.54, 1.807) is 0 Å². The average Bonchev–Trinajstić information content (AvgIpc) is 2.71. The highest BCUT2D eigenvalue weighted by Crippen LogP contribution is 2.32. The van der Waals surface area contributed by atoms with Crippen LogP contribution in [0.1, 0.15) is 16.7 Å². The van der Waals surface area contributed by atoms with Crippen molar-refractivity contribution in [1.29, 1.82) is 0 Å². The molecule has 4 heteroatoms. The summed E-state index contributed by atoms with van der Waals surface area (Å²) in [5.74, 6) is -0.260. The van der Waals surface area contributed by atoms with E-state index in [4.69, 9.17) is 4.42 Å². The van der Waals surface area contributed by atoms with Crippen LogP contribution in [0.25, 0.3) is 22.1 Å². The third-order valence-electron chi connectivity index (χ3n) is 5.07. The molecular weight excluding hydrogens is 362 g/mol. The number of aryl methyl sites for hydroxylation is 2. The minimum absolute atomic E-state index is 0.0652. The van der Waals surface area contributed by atoms with E-state index in [0.29, 0.717) is 16.8 Å². The zero-order chi connectivity index (χ0) is 20.4. The predicted molar refractivity (Wildman–Crippen MR) is 116 cm³/mol. The minimum atomic E-state index is -0.484. The highest BCUT2D eigenvalue weighted by molar-refractivity contribution is 5.99. The summed E-state index contributed by atoms with van der Waals surface area (Å²) in [6.45, 7) is 4.01. The molecule has 0 spiro atoms. The molecule has 144 valence electrons. The molecule has 0 unspecified atom stereocenters. The summed E-state index contributed by atoms with van der Waals surface area (Å²) in [5.41, 5.74) is 4.89. The fraction of sp³-hybridized carbons (Fsp3) is 0.120. The van der Waals surface area contributed by atoms with Gasteiger partial charge in [0.1, 0.15) is 5.58 Å². The maximum Gasteiger partial charge on any atom is 0.340 e. The molecule has 1 aromatic heterocycles. The van der Waals surface area contributed by atoms with E-state index in [0.717, 1.165) is 27.6 Å². The van der Waals surface area contributed by atoms with E-state index < -0.39 is 5.63 Å². The minimum Gasteiger partial charge on any atom is -0.422 e. The van der Waals surface area contributed by atoms with E-state index in [2.05, 4.69) is 5.32 Å². The monoisotopic (exact) mass is 383 g/mol. The highest BCUT2D eigenvalue weighted by Gasteiger charge is 2.19. The molecule has 4 rings (SSSR count). The summed E-state index contributed by atoms with van der Waals surface area (Å²) in [7, 11) is 0. The first-order chi connectivity index (χ1) is 14.0. The van der Waals surface area contributed by atoms with Crippen molar-refractivity contribution in [3.8, 4) is 11.1 Å². The topological polar surface area (TPSA) is 59.3 Å². The lowest BCUT2D eigenvalue weighted by atomic mass is 9.93. The van der Waals surface area contributed by atoms with Crippen LogP contribution in [0.3, 0.4) is 0 Å². The molecular formula is C25H21NO3. The van der Waals surface area contributed by atoms with Gasteiger partial charge in [-0.1, -0.05) is 48.5 Å². The van der Waals surface area contributed by atoms with Crippen LogP contribution >= 0.6 is 0 Å². The Bertz CT molecular complexity index is 1240. The molecule has 0 saturated carbocycles. The first-order valence-electron chi connectivity index (χ1n) is 9.50. The molecule has 0 aliphatic rings. The number of hydrogen-bond acceptors (Lipinski definition) is 3. The number of anilines is 1. The molecule has 29 heavy (non-hydrogen) atoms. The van der Waals surface area contributed by atoms with Crippen molar-refractivity contribution in [2.24, 2.45) is 0 Å². The number of carbonyl (C=O) groups is 1. The molecule has 1 heterocycles. The van der Waals surface area contributed by atoms with Gasteiger partial charge in [0.25, 0.3) is 0 Å². The van der Waals surface area contributed by atoms with Crippen molar-refractivity contribution >= 4 is 22.6 Å². The van der Waals surface area contributed by atoms with Gasteiger partial charge in [-0.05, 0) is 54.8 Å². The van der Waals surface area contributed by atoms with Gasteiger partial charge in [0, 0.05) is 16.6 Å². The molecule has 3 aromatic carbocycles. The van der Waals surface area contributed by atoms with Crippen LogP contribution in [0.5, 0.6) is 0 Å². The van der Waals surface area contributed by atoms with Crippen molar-refractivity contribution in [3.05, 3.63) is 99.9 Å². The van der Waals surface area contributed by atoms with Crippen LogP contribution in [-0.2, 0) is 11.2 Å². The Morgan fingerprint density at radius 2 is 1.52 bits per heavy atom. The van der Waals surface area contributed by atoms with Crippen LogP contribution in [0.2, 0.25) is 0 Å². The molecule has 0 radical (unpaired) electrons. The molecule has 1 amide bonds. The summed E-state index contributed by atoms with van der Waals surface area (Å²) in [6, 6.07) is 22.8. The second-order valence-corrected chi connectivity index (χ2v) is 7.13. The summed E-state index contributed by atoms with van der Waals surface area (Å²) >= 11 is 0. The summed E-state index contributed by atoms with van der Waals surface area (Å²) in [5, 5.41) is 3.68. The smallest absolute Gasteiger partial charge is 0.340 e. The van der Waals surface area contributed by atoms with Gasteiger partial charge in [-0.25, -0.2) is 4.79 Å². The molecule has 0 aliphatic heterocycles. The molecule has 0 fully saturated rings. The van der Waals surface area contributed by atoms with E-state index in [9.17, 15) is 9.59 Å². The Labute approximate surface area is 168 Å². The molecule has 0 atom stereocenters. The third kappa shape index (κ3) is 3.83. The molecule has 0 saturated heterocycles. The number of nitrogens with one attached hydrogen (secondary N) is 1. The maximum absolute atomic E-state index is 12.9. The van der Waals surface area contributed by atoms with Gasteiger partial charge in [-0.3, -0.25) is 4.79 Å². The zero-order valence-electron chi connectivity index (χ0n) is 16.4. The number of hydrogen-bond donors (Lipinski definition) is 1. The van der Waals surface area contributed by atoms with Gasteiger partial charge in [0.15, 0.2) is 0 Å². The Morgan fingerprint density at radius 3 is 2.21 bits per heavy atom. The lowest BCUT2D eigenvalue weighted by molar-refractivity contribution is -0.115. The number of para-hydroxylation sites is 1. The lowest BCUT2D eigenvalue weighted by Gasteiger charge is -2.14. The lowest BCUT2D eigenvalue weighted by Crippen LogP contribution is -2.20. The summed E-state index contributed by atoms with van der Waals surface area (Å²) in [4.78, 5) is 25.5. The Hall–Kier alpha value is -3.66. The number of amides is 1. The van der Waals surface area contributed by atoms with Gasteiger partial charge < -0.3 is 9.73 Å². The number of rotatable bonds is 4. The summed E-state index contributed by atoms with van der Waals surface area (Å²) < 4.78 is 5.61. The van der Waals surface area contributed by atoms with Gasteiger partial charge in [0.2, 0.25) is 5.91 Å². The average molecular weight is 383 g/mol. The van der Waals surface area contributed by atoms with Crippen molar-refractivity contribution in [2.75, 3.05) is 5.32 Å². The second-order valence-electron chi connectivity index (χ2n) is 7.13. The Balaban J connectivity index is 1.86. The standard InChI is InChI=1S/C25H21NO3/c1-16-13-20-22(14-17(16)2)29-25(28)21(24(20)18-9-5-3-6-10-18)15-23(27)26-19-11-7-4-8-12-19/h3-14H,15H2,1-2H3,(H,26,27). The number of benzene rings is 3. The number of carbonyl (C=O) groups excluding carboxylic acids is 1. The van der Waals surface area contributed by atoms with Crippen molar-refractivity contribution < 1.29 is 9.21 Å². The molecule has 4 nitrogen and oxygen atoms in total. The SMILES string of the molecule is Cc1cc2oc(=O)c(CC(=O)Nc3ccccc3)c(-c3ccccc3)c2cc1C. The van der Waals surface area contributed by atoms with E-state index >= 15 is 0 Å². The first kappa shape index (κ1) is 18.7. The van der Waals surface area contributed by atoms with Crippen molar-refractivity contribution in [3.63, 3.8) is 0 Å². The van der Waals surface area contributed by atoms with Gasteiger partial charge >= 0.3 is 5.63 Å². The normalized spacial score (nSPS) is 10.8. The predicted octanol–water partition coefficient (Wildman–Crippen LogP) is 5.26. The first-order valence-corrected chi connectivity index (χ1v) is 9.50. The van der Waals surface area contributed by atoms with E-state index in [1.165, 1.54) is 0 Å². The highest BCUT2D eigenvalue weighted by atomic mass is 16.4. The van der Waals surface area contributed by atoms with E-state index in [1.807, 2.05) is 86.6 Å². The third-order valence-corrected chi connectivity index (χ3v) is 5.07. The zero-order valence-corrected chi connectivity index (χ0v) is 16.4. The fourth-order valence-electron chi connectivity index (χ4n) is 3.48. The number of fused-ring (bicyclic) bond motifs is 1. The van der Waals surface area contributed by atoms with Crippen LogP contribution < -0.4 is 10.9 Å². The Morgan fingerprint density at radius 1 is 0.897 bits per heavy atom. The molecule has 0 bridgehead atoms. The van der Waals surface area contributed by atoms with Gasteiger partial charge in [-0.15, -0.1) is 0 Å². The molecule has 0 aliphatic carbocycles. The molecule has 1 N–H and O–H groups in total. The van der Waals surface area contributed by atoms with Crippen molar-refractivity contribution in [2.45, 2.75) is 20.3 Å². The summed E-state index contributed by atoms with van der Waals surface area (Å²) in [6.07, 6.45) is -0.0652. The quantitative estimate of drug-likeness (QED) is 0.489. The van der Waals surface area contributed by atoms with E-state index in [-0.39, 0.29) is 12.3 Å². The largest absolute Gasteiger partial charge is 0.422 e. The Kier molecular flexibility index (Phi) is 5.00. The van der Waals surface area contributed by atoms with Crippen LogP contribution in [0.4, 0.5) is 5.69 Å². The molecule has 4 aromatic rings. The van der Waals surface area contributed by atoms with Gasteiger partial charge in [0.05, 0.1) is 12.0 Å². The maximum atomic E-state index is 12.9. The van der Waals surface area contributed by atoms with Crippen molar-refractivity contribution in [1.82, 2.24) is 0 Å². The second kappa shape index (κ2) is 7.76. The van der Waals surface area contributed by atoms with Crippen LogP contribution in [0, 0.1) is 13.8 Å². The fourth-order valence-corrected chi connectivity index (χ4v) is 3.48. The van der Waals surface area contributed by atoms with Crippen LogP contribution in [-0.4, -0.2) is 5.91 Å². The van der Waals surface area contributed by atoms with Crippen LogP contribution in [0.15, 0.2) is 82.0 Å². The van der Waals surface area contributed by atoms with Gasteiger partial charge in [-0.2, -0.15) is 0 Å².